The van der Waals surface area contributed by atoms with Gasteiger partial charge in [0.05, 0.1) is 6.61 Å². The number of pyridine rings is 1. The van der Waals surface area contributed by atoms with Crippen LogP contribution in [0.5, 0.6) is 5.75 Å². The molecule has 0 spiro atoms. The summed E-state index contributed by atoms with van der Waals surface area (Å²) in [7, 11) is 0. The minimum Gasteiger partial charge on any atom is -0.488 e. The lowest BCUT2D eigenvalue weighted by Crippen LogP contribution is -2.17. The van der Waals surface area contributed by atoms with Gasteiger partial charge in [-0.05, 0) is 30.7 Å². The SMILES string of the molecule is CCOC(=O)c1c[nH]c(/C=C/c2ccccc2OCc2ccccc2)cc1=O. The molecule has 0 aliphatic rings. The van der Waals surface area contributed by atoms with Crippen LogP contribution in [0.15, 0.2) is 71.7 Å². The normalized spacial score (nSPS) is 10.8. The number of hydrogen-bond acceptors (Lipinski definition) is 4. The van der Waals surface area contributed by atoms with E-state index in [-0.39, 0.29) is 17.6 Å². The van der Waals surface area contributed by atoms with E-state index in [1.165, 1.54) is 12.3 Å². The summed E-state index contributed by atoms with van der Waals surface area (Å²) in [6, 6.07) is 19.0. The van der Waals surface area contributed by atoms with Crippen molar-refractivity contribution in [1.29, 1.82) is 0 Å². The number of aromatic amines is 1. The van der Waals surface area contributed by atoms with E-state index in [1.54, 1.807) is 13.0 Å². The maximum absolute atomic E-state index is 12.1. The van der Waals surface area contributed by atoms with Crippen LogP contribution in [-0.2, 0) is 11.3 Å². The number of nitrogens with one attached hydrogen (secondary N) is 1. The number of para-hydroxylation sites is 1. The molecule has 0 aliphatic carbocycles. The highest BCUT2D eigenvalue weighted by Gasteiger charge is 2.11. The summed E-state index contributed by atoms with van der Waals surface area (Å²) in [6.45, 7) is 2.39. The van der Waals surface area contributed by atoms with Crippen molar-refractivity contribution in [3.8, 4) is 5.75 Å². The fourth-order valence-electron chi connectivity index (χ4n) is 2.62. The first-order valence-corrected chi connectivity index (χ1v) is 9.01. The van der Waals surface area contributed by atoms with Crippen LogP contribution in [0.25, 0.3) is 12.2 Å². The van der Waals surface area contributed by atoms with Gasteiger partial charge in [-0.1, -0.05) is 48.5 Å². The Bertz CT molecular complexity index is 1020. The van der Waals surface area contributed by atoms with Crippen LogP contribution in [-0.4, -0.2) is 17.6 Å². The molecule has 28 heavy (non-hydrogen) atoms. The van der Waals surface area contributed by atoms with Gasteiger partial charge in [0, 0.05) is 23.5 Å². The molecule has 0 atom stereocenters. The summed E-state index contributed by atoms with van der Waals surface area (Å²) in [5, 5.41) is 0. The van der Waals surface area contributed by atoms with Crippen LogP contribution < -0.4 is 10.2 Å². The molecule has 5 heteroatoms. The zero-order valence-electron chi connectivity index (χ0n) is 15.6. The molecule has 1 aromatic heterocycles. The number of esters is 1. The average molecular weight is 375 g/mol. The van der Waals surface area contributed by atoms with Crippen molar-refractivity contribution in [2.45, 2.75) is 13.5 Å². The Morgan fingerprint density at radius 1 is 1.04 bits per heavy atom. The fraction of sp³-hybridized carbons (Fsp3) is 0.130. The second kappa shape index (κ2) is 9.37. The van der Waals surface area contributed by atoms with E-state index < -0.39 is 5.97 Å². The van der Waals surface area contributed by atoms with Gasteiger partial charge >= 0.3 is 5.97 Å². The molecular formula is C23H21NO4. The van der Waals surface area contributed by atoms with Gasteiger partial charge in [0.2, 0.25) is 0 Å². The topological polar surface area (TPSA) is 68.4 Å². The third-order valence-corrected chi connectivity index (χ3v) is 4.03. The van der Waals surface area contributed by atoms with Crippen LogP contribution in [0.1, 0.15) is 34.1 Å². The largest absolute Gasteiger partial charge is 0.488 e. The highest BCUT2D eigenvalue weighted by molar-refractivity contribution is 5.89. The number of rotatable bonds is 7. The van der Waals surface area contributed by atoms with E-state index in [2.05, 4.69) is 4.98 Å². The molecule has 0 bridgehead atoms. The first-order valence-electron chi connectivity index (χ1n) is 9.01. The van der Waals surface area contributed by atoms with Gasteiger partial charge < -0.3 is 14.5 Å². The summed E-state index contributed by atoms with van der Waals surface area (Å²) >= 11 is 0. The summed E-state index contributed by atoms with van der Waals surface area (Å²) in [5.41, 5.74) is 2.15. The summed E-state index contributed by atoms with van der Waals surface area (Å²) in [6.07, 6.45) is 4.99. The van der Waals surface area contributed by atoms with Crippen molar-refractivity contribution in [2.24, 2.45) is 0 Å². The van der Waals surface area contributed by atoms with Crippen molar-refractivity contribution in [1.82, 2.24) is 4.98 Å². The molecule has 0 saturated heterocycles. The molecule has 142 valence electrons. The second-order valence-corrected chi connectivity index (χ2v) is 6.03. The Labute approximate surface area is 163 Å². The molecule has 0 aliphatic heterocycles. The van der Waals surface area contributed by atoms with E-state index in [0.717, 1.165) is 16.9 Å². The summed E-state index contributed by atoms with van der Waals surface area (Å²) in [4.78, 5) is 26.8. The summed E-state index contributed by atoms with van der Waals surface area (Å²) < 4.78 is 10.8. The Hall–Kier alpha value is -3.60. The molecule has 5 nitrogen and oxygen atoms in total. The number of benzene rings is 2. The number of H-pyrrole nitrogens is 1. The Balaban J connectivity index is 1.75. The van der Waals surface area contributed by atoms with Gasteiger partial charge in [-0.2, -0.15) is 0 Å². The van der Waals surface area contributed by atoms with E-state index in [4.69, 9.17) is 9.47 Å². The van der Waals surface area contributed by atoms with Crippen molar-refractivity contribution < 1.29 is 14.3 Å². The molecule has 1 heterocycles. The number of carbonyl (C=O) groups is 1. The van der Waals surface area contributed by atoms with Gasteiger partial charge in [-0.15, -0.1) is 0 Å². The Morgan fingerprint density at radius 3 is 2.54 bits per heavy atom. The average Bonchev–Trinajstić information content (AvgIpc) is 2.72. The van der Waals surface area contributed by atoms with Crippen molar-refractivity contribution in [3.05, 3.63) is 99.5 Å². The smallest absolute Gasteiger partial charge is 0.343 e. The molecule has 1 N–H and O–H groups in total. The fourth-order valence-corrected chi connectivity index (χ4v) is 2.62. The van der Waals surface area contributed by atoms with Crippen LogP contribution >= 0.6 is 0 Å². The van der Waals surface area contributed by atoms with Crippen molar-refractivity contribution >= 4 is 18.1 Å². The lowest BCUT2D eigenvalue weighted by Gasteiger charge is -2.09. The quantitative estimate of drug-likeness (QED) is 0.625. The van der Waals surface area contributed by atoms with Crippen LogP contribution in [0.4, 0.5) is 0 Å². The molecule has 0 fully saturated rings. The molecule has 3 rings (SSSR count). The zero-order valence-corrected chi connectivity index (χ0v) is 15.6. The van der Waals surface area contributed by atoms with Gasteiger partial charge in [-0.3, -0.25) is 4.79 Å². The maximum atomic E-state index is 12.1. The highest BCUT2D eigenvalue weighted by atomic mass is 16.5. The van der Waals surface area contributed by atoms with E-state index in [0.29, 0.717) is 12.3 Å². The van der Waals surface area contributed by atoms with Gasteiger partial charge in [0.15, 0.2) is 5.43 Å². The zero-order chi connectivity index (χ0) is 19.8. The minimum absolute atomic E-state index is 0.00871. The van der Waals surface area contributed by atoms with E-state index in [9.17, 15) is 9.59 Å². The van der Waals surface area contributed by atoms with E-state index >= 15 is 0 Å². The molecule has 2 aromatic carbocycles. The first kappa shape index (κ1) is 19.2. The predicted octanol–water partition coefficient (Wildman–Crippen LogP) is 4.30. The van der Waals surface area contributed by atoms with Crippen LogP contribution in [0, 0.1) is 0 Å². The van der Waals surface area contributed by atoms with Gasteiger partial charge in [0.25, 0.3) is 0 Å². The first-order chi connectivity index (χ1) is 13.7. The third-order valence-electron chi connectivity index (χ3n) is 4.03. The predicted molar refractivity (Wildman–Crippen MR) is 109 cm³/mol. The lowest BCUT2D eigenvalue weighted by molar-refractivity contribution is 0.0524. The Kier molecular flexibility index (Phi) is 6.41. The van der Waals surface area contributed by atoms with Crippen molar-refractivity contribution in [2.75, 3.05) is 6.61 Å². The Morgan fingerprint density at radius 2 is 1.79 bits per heavy atom. The number of aromatic nitrogens is 1. The molecule has 3 aromatic rings. The second-order valence-electron chi connectivity index (χ2n) is 6.03. The van der Waals surface area contributed by atoms with Crippen molar-refractivity contribution in [3.63, 3.8) is 0 Å². The number of hydrogen-bond donors (Lipinski definition) is 1. The number of carbonyl (C=O) groups excluding carboxylic acids is 1. The molecule has 0 unspecified atom stereocenters. The lowest BCUT2D eigenvalue weighted by atomic mass is 10.1. The molecule has 0 radical (unpaired) electrons. The minimum atomic E-state index is -0.626. The van der Waals surface area contributed by atoms with E-state index in [1.807, 2.05) is 60.7 Å². The molecule has 0 amide bonds. The molecule has 0 saturated carbocycles. The third kappa shape index (κ3) is 4.98. The summed E-state index contributed by atoms with van der Waals surface area (Å²) in [5.74, 6) is 0.118. The van der Waals surface area contributed by atoms with Crippen LogP contribution in [0.2, 0.25) is 0 Å². The monoisotopic (exact) mass is 375 g/mol. The van der Waals surface area contributed by atoms with Gasteiger partial charge in [0.1, 0.15) is 17.9 Å². The standard InChI is InChI=1S/C23H21NO4/c1-2-27-23(26)20-15-24-19(14-21(20)25)13-12-18-10-6-7-11-22(18)28-16-17-8-4-3-5-9-17/h3-15H,2,16H2,1H3,(H,24,25)/b13-12+. The molecular weight excluding hydrogens is 354 g/mol. The van der Waals surface area contributed by atoms with Crippen LogP contribution in [0.3, 0.4) is 0 Å². The number of ether oxygens (including phenoxy) is 2. The maximum Gasteiger partial charge on any atom is 0.343 e. The highest BCUT2D eigenvalue weighted by Crippen LogP contribution is 2.21. The van der Waals surface area contributed by atoms with Gasteiger partial charge in [-0.25, -0.2) is 4.79 Å².